The van der Waals surface area contributed by atoms with Gasteiger partial charge in [0.1, 0.15) is 5.82 Å². The first-order valence-electron chi connectivity index (χ1n) is 5.09. The van der Waals surface area contributed by atoms with Crippen molar-refractivity contribution in [1.82, 2.24) is 0 Å². The van der Waals surface area contributed by atoms with Crippen LogP contribution in [0.25, 0.3) is 0 Å². The van der Waals surface area contributed by atoms with Crippen molar-refractivity contribution in [3.8, 4) is 0 Å². The maximum absolute atomic E-state index is 13.6. The second kappa shape index (κ2) is 3.45. The normalized spacial score (nSPS) is 17.2. The van der Waals surface area contributed by atoms with Gasteiger partial charge in [-0.15, -0.1) is 0 Å². The van der Waals surface area contributed by atoms with Crippen LogP contribution in [0.2, 0.25) is 5.02 Å². The van der Waals surface area contributed by atoms with Crippen molar-refractivity contribution < 1.29 is 14.3 Å². The molecule has 1 saturated carbocycles. The summed E-state index contributed by atoms with van der Waals surface area (Å²) in [5.41, 5.74) is 0.681. The van der Waals surface area contributed by atoms with Crippen LogP contribution in [0.15, 0.2) is 6.07 Å². The standard InChI is InChI=1S/C12H12ClFO2/c1-6-8(12(3-4-12)11(15)16)5-9(14)7(2)10(6)13/h5H,3-4H2,1-2H3,(H,15,16). The van der Waals surface area contributed by atoms with E-state index in [-0.39, 0.29) is 0 Å². The molecule has 0 aromatic heterocycles. The van der Waals surface area contributed by atoms with Gasteiger partial charge in [0.25, 0.3) is 0 Å². The van der Waals surface area contributed by atoms with Crippen LogP contribution in [-0.2, 0) is 10.2 Å². The van der Waals surface area contributed by atoms with Crippen molar-refractivity contribution in [1.29, 1.82) is 0 Å². The fourth-order valence-corrected chi connectivity index (χ4v) is 2.26. The van der Waals surface area contributed by atoms with Gasteiger partial charge < -0.3 is 5.11 Å². The Morgan fingerprint density at radius 2 is 2.00 bits per heavy atom. The zero-order valence-electron chi connectivity index (χ0n) is 9.10. The molecule has 0 unspecified atom stereocenters. The first kappa shape index (κ1) is 11.4. The van der Waals surface area contributed by atoms with E-state index in [0.29, 0.717) is 34.6 Å². The third-order valence-corrected chi connectivity index (χ3v) is 3.93. The monoisotopic (exact) mass is 242 g/mol. The highest BCUT2D eigenvalue weighted by Gasteiger charge is 2.53. The maximum Gasteiger partial charge on any atom is 0.314 e. The highest BCUT2D eigenvalue weighted by molar-refractivity contribution is 6.32. The van der Waals surface area contributed by atoms with Gasteiger partial charge >= 0.3 is 5.97 Å². The number of hydrogen-bond acceptors (Lipinski definition) is 1. The molecule has 2 nitrogen and oxygen atoms in total. The van der Waals surface area contributed by atoms with Gasteiger partial charge in [0.2, 0.25) is 0 Å². The molecular weight excluding hydrogens is 231 g/mol. The Kier molecular flexibility index (Phi) is 2.46. The molecule has 0 heterocycles. The maximum atomic E-state index is 13.6. The van der Waals surface area contributed by atoms with E-state index in [1.807, 2.05) is 0 Å². The summed E-state index contributed by atoms with van der Waals surface area (Å²) in [6.07, 6.45) is 1.12. The van der Waals surface area contributed by atoms with E-state index in [1.54, 1.807) is 13.8 Å². The minimum Gasteiger partial charge on any atom is -0.481 e. The Balaban J connectivity index is 2.63. The van der Waals surface area contributed by atoms with Gasteiger partial charge in [0.15, 0.2) is 0 Å². The lowest BCUT2D eigenvalue weighted by Gasteiger charge is -2.16. The van der Waals surface area contributed by atoms with Crippen molar-refractivity contribution in [2.75, 3.05) is 0 Å². The lowest BCUT2D eigenvalue weighted by molar-refractivity contribution is -0.140. The van der Waals surface area contributed by atoms with Crippen LogP contribution in [0.5, 0.6) is 0 Å². The molecule has 1 aliphatic carbocycles. The molecule has 1 N–H and O–H groups in total. The van der Waals surface area contributed by atoms with Gasteiger partial charge in [-0.05, 0) is 43.9 Å². The number of hydrogen-bond donors (Lipinski definition) is 1. The van der Waals surface area contributed by atoms with Gasteiger partial charge in [-0.25, -0.2) is 4.39 Å². The molecule has 0 radical (unpaired) electrons. The van der Waals surface area contributed by atoms with Crippen molar-refractivity contribution in [3.05, 3.63) is 33.6 Å². The number of carboxylic acids is 1. The van der Waals surface area contributed by atoms with Crippen LogP contribution >= 0.6 is 11.6 Å². The third kappa shape index (κ3) is 1.42. The van der Waals surface area contributed by atoms with Gasteiger partial charge in [0.05, 0.1) is 5.41 Å². The second-order valence-corrected chi connectivity index (χ2v) is 4.74. The number of carbonyl (C=O) groups is 1. The van der Waals surface area contributed by atoms with Gasteiger partial charge in [-0.3, -0.25) is 4.79 Å². The molecule has 0 atom stereocenters. The van der Waals surface area contributed by atoms with E-state index in [4.69, 9.17) is 16.7 Å². The highest BCUT2D eigenvalue weighted by atomic mass is 35.5. The molecule has 16 heavy (non-hydrogen) atoms. The Hall–Kier alpha value is -1.09. The summed E-state index contributed by atoms with van der Waals surface area (Å²) in [6.45, 7) is 3.34. The average molecular weight is 243 g/mol. The van der Waals surface area contributed by atoms with E-state index in [2.05, 4.69) is 0 Å². The fourth-order valence-electron chi connectivity index (χ4n) is 2.07. The van der Waals surface area contributed by atoms with Gasteiger partial charge in [-0.1, -0.05) is 11.6 Å². The second-order valence-electron chi connectivity index (χ2n) is 4.36. The summed E-state index contributed by atoms with van der Waals surface area (Å²) in [7, 11) is 0. The quantitative estimate of drug-likeness (QED) is 0.865. The fraction of sp³-hybridized carbons (Fsp3) is 0.417. The Labute approximate surface area is 98.0 Å². The first-order valence-corrected chi connectivity index (χ1v) is 5.47. The summed E-state index contributed by atoms with van der Waals surface area (Å²) >= 11 is 5.99. The molecule has 0 spiro atoms. The van der Waals surface area contributed by atoms with Crippen molar-refractivity contribution >= 4 is 17.6 Å². The molecule has 0 bridgehead atoms. The summed E-state index contributed by atoms with van der Waals surface area (Å²) in [6, 6.07) is 1.32. The van der Waals surface area contributed by atoms with Crippen LogP contribution in [0.3, 0.4) is 0 Å². The predicted octanol–water partition coefficient (Wildman–Crippen LogP) is 3.21. The number of aliphatic carboxylic acids is 1. The van der Waals surface area contributed by atoms with Crippen molar-refractivity contribution in [2.24, 2.45) is 0 Å². The van der Waals surface area contributed by atoms with E-state index >= 15 is 0 Å². The van der Waals surface area contributed by atoms with E-state index in [9.17, 15) is 9.18 Å². The summed E-state index contributed by atoms with van der Waals surface area (Å²) in [4.78, 5) is 11.2. The van der Waals surface area contributed by atoms with Crippen LogP contribution in [0.1, 0.15) is 29.5 Å². The minimum atomic E-state index is -0.901. The first-order chi connectivity index (χ1) is 7.40. The number of benzene rings is 1. The van der Waals surface area contributed by atoms with Crippen molar-refractivity contribution in [3.63, 3.8) is 0 Å². The minimum absolute atomic E-state index is 0.336. The summed E-state index contributed by atoms with van der Waals surface area (Å²) in [5.74, 6) is -1.33. The molecule has 2 rings (SSSR count). The Morgan fingerprint density at radius 3 is 2.44 bits per heavy atom. The average Bonchev–Trinajstić information content (AvgIpc) is 3.01. The lowest BCUT2D eigenvalue weighted by atomic mass is 9.90. The van der Waals surface area contributed by atoms with E-state index < -0.39 is 17.2 Å². The molecule has 0 amide bonds. The lowest BCUT2D eigenvalue weighted by Crippen LogP contribution is -2.21. The topological polar surface area (TPSA) is 37.3 Å². The zero-order valence-corrected chi connectivity index (χ0v) is 9.86. The molecule has 1 aliphatic rings. The van der Waals surface area contributed by atoms with E-state index in [1.165, 1.54) is 6.07 Å². The smallest absolute Gasteiger partial charge is 0.314 e. The van der Waals surface area contributed by atoms with Crippen LogP contribution < -0.4 is 0 Å². The highest BCUT2D eigenvalue weighted by Crippen LogP contribution is 2.51. The SMILES string of the molecule is Cc1c(F)cc(C2(C(=O)O)CC2)c(C)c1Cl. The zero-order chi connectivity index (χ0) is 12.1. The Morgan fingerprint density at radius 1 is 1.44 bits per heavy atom. The van der Waals surface area contributed by atoms with Crippen molar-refractivity contribution in [2.45, 2.75) is 32.1 Å². The molecule has 1 aromatic carbocycles. The number of halogens is 2. The summed E-state index contributed by atoms with van der Waals surface area (Å²) < 4.78 is 13.6. The third-order valence-electron chi connectivity index (χ3n) is 3.37. The van der Waals surface area contributed by atoms with Crippen LogP contribution in [0, 0.1) is 19.7 Å². The molecule has 1 aromatic rings. The van der Waals surface area contributed by atoms with Gasteiger partial charge in [-0.2, -0.15) is 0 Å². The predicted molar refractivity (Wildman–Crippen MR) is 59.4 cm³/mol. The molecule has 4 heteroatoms. The number of rotatable bonds is 2. The molecule has 86 valence electrons. The van der Waals surface area contributed by atoms with Crippen LogP contribution in [-0.4, -0.2) is 11.1 Å². The largest absolute Gasteiger partial charge is 0.481 e. The number of carboxylic acid groups (broad SMARTS) is 1. The molecule has 0 saturated heterocycles. The molecule has 1 fully saturated rings. The summed E-state index contributed by atoms with van der Waals surface area (Å²) in [5, 5.41) is 9.50. The molecule has 0 aliphatic heterocycles. The van der Waals surface area contributed by atoms with Gasteiger partial charge in [0, 0.05) is 10.6 Å². The Bertz CT molecular complexity index is 478. The van der Waals surface area contributed by atoms with Crippen LogP contribution in [0.4, 0.5) is 4.39 Å². The molecular formula is C12H12ClFO2. The van der Waals surface area contributed by atoms with E-state index in [0.717, 1.165) is 0 Å².